The van der Waals surface area contributed by atoms with Gasteiger partial charge in [-0.05, 0) is 18.6 Å². The third-order valence-electron chi connectivity index (χ3n) is 3.28. The van der Waals surface area contributed by atoms with Crippen LogP contribution in [0.4, 0.5) is 5.69 Å². The van der Waals surface area contributed by atoms with Crippen molar-refractivity contribution in [2.45, 2.75) is 6.92 Å². The number of hydrazone groups is 1. The number of hydrogen-bond acceptors (Lipinski definition) is 5. The number of rotatable bonds is 6. The number of carbonyl (C=O) groups is 2. The van der Waals surface area contributed by atoms with E-state index in [2.05, 4.69) is 15.8 Å². The molecule has 0 aliphatic heterocycles. The van der Waals surface area contributed by atoms with Crippen molar-refractivity contribution in [1.29, 1.82) is 0 Å². The van der Waals surface area contributed by atoms with Crippen LogP contribution in [0.3, 0.4) is 0 Å². The molecule has 0 radical (unpaired) electrons. The second kappa shape index (κ2) is 8.34. The number of nitro benzene ring substituents is 1. The Morgan fingerprint density at radius 3 is 2.68 bits per heavy atom. The van der Waals surface area contributed by atoms with Crippen LogP contribution in [-0.4, -0.2) is 29.5 Å². The van der Waals surface area contributed by atoms with Crippen LogP contribution in [0.1, 0.15) is 21.5 Å². The summed E-state index contributed by atoms with van der Waals surface area (Å²) in [6.45, 7) is 1.57. The first-order chi connectivity index (χ1) is 12.0. The predicted octanol–water partition coefficient (Wildman–Crippen LogP) is 1.78. The van der Waals surface area contributed by atoms with Gasteiger partial charge in [0.15, 0.2) is 0 Å². The van der Waals surface area contributed by atoms with Crippen molar-refractivity contribution >= 4 is 23.7 Å². The minimum absolute atomic E-state index is 0.0687. The number of amides is 2. The minimum Gasteiger partial charge on any atom is -0.343 e. The summed E-state index contributed by atoms with van der Waals surface area (Å²) in [5.74, 6) is -0.862. The monoisotopic (exact) mass is 340 g/mol. The largest absolute Gasteiger partial charge is 0.343 e. The van der Waals surface area contributed by atoms with Crippen molar-refractivity contribution in [3.63, 3.8) is 0 Å². The molecule has 0 saturated heterocycles. The number of carbonyl (C=O) groups excluding carboxylic acids is 2. The quantitative estimate of drug-likeness (QED) is 0.474. The smallest absolute Gasteiger partial charge is 0.270 e. The first-order valence-corrected chi connectivity index (χ1v) is 7.37. The Hall–Kier alpha value is -3.55. The molecule has 2 aromatic rings. The van der Waals surface area contributed by atoms with Crippen molar-refractivity contribution in [3.8, 4) is 0 Å². The van der Waals surface area contributed by atoms with Crippen LogP contribution in [0, 0.1) is 17.0 Å². The normalized spacial score (nSPS) is 10.4. The third-order valence-corrected chi connectivity index (χ3v) is 3.28. The lowest BCUT2D eigenvalue weighted by atomic mass is 10.1. The Morgan fingerprint density at radius 1 is 1.20 bits per heavy atom. The van der Waals surface area contributed by atoms with Crippen molar-refractivity contribution in [3.05, 3.63) is 75.3 Å². The summed E-state index contributed by atoms with van der Waals surface area (Å²) in [7, 11) is 0. The molecule has 2 N–H and O–H groups in total. The highest BCUT2D eigenvalue weighted by Crippen LogP contribution is 2.11. The molecule has 0 saturated carbocycles. The minimum atomic E-state index is -0.517. The van der Waals surface area contributed by atoms with Gasteiger partial charge in [-0.3, -0.25) is 19.7 Å². The summed E-state index contributed by atoms with van der Waals surface area (Å²) in [4.78, 5) is 33.8. The molecule has 8 heteroatoms. The summed E-state index contributed by atoms with van der Waals surface area (Å²) in [5, 5.41) is 16.9. The van der Waals surface area contributed by atoms with E-state index in [9.17, 15) is 19.7 Å². The zero-order valence-corrected chi connectivity index (χ0v) is 13.4. The lowest BCUT2D eigenvalue weighted by Gasteiger charge is -2.06. The molecule has 25 heavy (non-hydrogen) atoms. The second-order valence-corrected chi connectivity index (χ2v) is 5.14. The third kappa shape index (κ3) is 5.24. The van der Waals surface area contributed by atoms with Gasteiger partial charge in [0.05, 0.1) is 17.7 Å². The van der Waals surface area contributed by atoms with Gasteiger partial charge in [0.1, 0.15) is 0 Å². The van der Waals surface area contributed by atoms with Crippen LogP contribution >= 0.6 is 0 Å². The van der Waals surface area contributed by atoms with Gasteiger partial charge in [0, 0.05) is 23.3 Å². The number of benzene rings is 2. The van der Waals surface area contributed by atoms with E-state index in [0.717, 1.165) is 5.56 Å². The highest BCUT2D eigenvalue weighted by atomic mass is 16.6. The summed E-state index contributed by atoms with van der Waals surface area (Å²) in [5.41, 5.74) is 3.95. The fourth-order valence-corrected chi connectivity index (χ4v) is 2.02. The molecule has 0 aliphatic carbocycles. The standard InChI is InChI=1S/C17H16N4O4/c1-12-5-2-3-8-15(12)17(23)18-11-16(22)20-19-10-13-6-4-7-14(9-13)21(24)25/h2-10H,11H2,1H3,(H,18,23)(H,20,22)/b19-10-. The van der Waals surface area contributed by atoms with Crippen molar-refractivity contribution in [1.82, 2.24) is 10.7 Å². The molecular weight excluding hydrogens is 324 g/mol. The van der Waals surface area contributed by atoms with E-state index in [1.165, 1.54) is 24.4 Å². The molecule has 0 unspecified atom stereocenters. The molecule has 2 rings (SSSR count). The number of hydrogen-bond donors (Lipinski definition) is 2. The van der Waals surface area contributed by atoms with Crippen LogP contribution in [0.25, 0.3) is 0 Å². The molecule has 0 bridgehead atoms. The van der Waals surface area contributed by atoms with Crippen molar-refractivity contribution < 1.29 is 14.5 Å². The molecule has 128 valence electrons. The maximum Gasteiger partial charge on any atom is 0.270 e. The van der Waals surface area contributed by atoms with Gasteiger partial charge in [-0.25, -0.2) is 5.43 Å². The summed E-state index contributed by atoms with van der Waals surface area (Å²) < 4.78 is 0. The molecule has 0 spiro atoms. The van der Waals surface area contributed by atoms with E-state index in [-0.39, 0.29) is 18.1 Å². The first kappa shape index (κ1) is 17.8. The molecule has 2 aromatic carbocycles. The van der Waals surface area contributed by atoms with E-state index in [1.807, 2.05) is 6.07 Å². The Kier molecular flexibility index (Phi) is 5.94. The number of nitrogens with zero attached hydrogens (tertiary/aromatic N) is 2. The Labute approximate surface area is 143 Å². The van der Waals surface area contributed by atoms with E-state index in [4.69, 9.17) is 0 Å². The summed E-state index contributed by atoms with van der Waals surface area (Å²) in [6, 6.07) is 12.9. The maximum atomic E-state index is 12.0. The van der Waals surface area contributed by atoms with Gasteiger partial charge in [-0.1, -0.05) is 30.3 Å². The van der Waals surface area contributed by atoms with Crippen LogP contribution in [-0.2, 0) is 4.79 Å². The Balaban J connectivity index is 1.84. The van der Waals surface area contributed by atoms with Crippen molar-refractivity contribution in [2.24, 2.45) is 5.10 Å². The molecule has 8 nitrogen and oxygen atoms in total. The first-order valence-electron chi connectivity index (χ1n) is 7.37. The van der Waals surface area contributed by atoms with Gasteiger partial charge >= 0.3 is 0 Å². The molecular formula is C17H16N4O4. The second-order valence-electron chi connectivity index (χ2n) is 5.14. The number of nitrogens with one attached hydrogen (secondary N) is 2. The average Bonchev–Trinajstić information content (AvgIpc) is 2.60. The highest BCUT2D eigenvalue weighted by Gasteiger charge is 2.09. The van der Waals surface area contributed by atoms with Crippen LogP contribution < -0.4 is 10.7 Å². The van der Waals surface area contributed by atoms with E-state index >= 15 is 0 Å². The molecule has 0 aliphatic rings. The lowest BCUT2D eigenvalue weighted by molar-refractivity contribution is -0.384. The summed E-state index contributed by atoms with van der Waals surface area (Å²) in [6.07, 6.45) is 1.29. The fourth-order valence-electron chi connectivity index (χ4n) is 2.02. The fraction of sp³-hybridized carbons (Fsp3) is 0.118. The van der Waals surface area contributed by atoms with Gasteiger partial charge in [0.25, 0.3) is 17.5 Å². The maximum absolute atomic E-state index is 12.0. The Bertz CT molecular complexity index is 833. The molecule has 0 heterocycles. The zero-order valence-electron chi connectivity index (χ0n) is 13.4. The highest BCUT2D eigenvalue weighted by molar-refractivity contribution is 5.97. The van der Waals surface area contributed by atoms with E-state index in [0.29, 0.717) is 11.1 Å². The van der Waals surface area contributed by atoms with Gasteiger partial charge < -0.3 is 5.32 Å². The van der Waals surface area contributed by atoms with Crippen LogP contribution in [0.15, 0.2) is 53.6 Å². The SMILES string of the molecule is Cc1ccccc1C(=O)NCC(=O)N/N=C\c1cccc([N+](=O)[O-])c1. The van der Waals surface area contributed by atoms with E-state index in [1.54, 1.807) is 31.2 Å². The molecule has 0 atom stereocenters. The molecule has 0 fully saturated rings. The van der Waals surface area contributed by atoms with Gasteiger partial charge in [-0.15, -0.1) is 0 Å². The van der Waals surface area contributed by atoms with Crippen LogP contribution in [0.5, 0.6) is 0 Å². The van der Waals surface area contributed by atoms with Gasteiger partial charge in [0.2, 0.25) is 0 Å². The summed E-state index contributed by atoms with van der Waals surface area (Å²) >= 11 is 0. The number of nitro groups is 1. The van der Waals surface area contributed by atoms with Crippen molar-refractivity contribution in [2.75, 3.05) is 6.54 Å². The average molecular weight is 340 g/mol. The van der Waals surface area contributed by atoms with E-state index < -0.39 is 10.8 Å². The Morgan fingerprint density at radius 2 is 1.96 bits per heavy atom. The lowest BCUT2D eigenvalue weighted by Crippen LogP contribution is -2.35. The molecule has 2 amide bonds. The zero-order chi connectivity index (χ0) is 18.2. The van der Waals surface area contributed by atoms with Gasteiger partial charge in [-0.2, -0.15) is 5.10 Å². The van der Waals surface area contributed by atoms with Crippen LogP contribution in [0.2, 0.25) is 0 Å². The topological polar surface area (TPSA) is 114 Å². The number of aryl methyl sites for hydroxylation is 1. The molecule has 0 aromatic heterocycles. The number of non-ortho nitro benzene ring substituents is 1. The predicted molar refractivity (Wildman–Crippen MR) is 92.3 cm³/mol.